The first-order valence-corrected chi connectivity index (χ1v) is 20.9. The molecule has 260 valence electrons. The Labute approximate surface area is 323 Å². The summed E-state index contributed by atoms with van der Waals surface area (Å²) >= 11 is 0. The predicted molar refractivity (Wildman–Crippen MR) is 236 cm³/mol. The Morgan fingerprint density at radius 3 is 1.60 bits per heavy atom. The number of rotatable bonds is 7. The van der Waals surface area contributed by atoms with Crippen LogP contribution in [0, 0.1) is 0 Å². The molecule has 0 N–H and O–H groups in total. The molecule has 1 aliphatic heterocycles. The maximum absolute atomic E-state index is 2.74. The van der Waals surface area contributed by atoms with E-state index in [-0.39, 0.29) is 0 Å². The summed E-state index contributed by atoms with van der Waals surface area (Å²) in [7, 11) is -2.74. The second-order valence-electron chi connectivity index (χ2n) is 14.1. The largest absolute Gasteiger partial charge is 0.311 e. The van der Waals surface area contributed by atoms with Gasteiger partial charge < -0.3 is 9.80 Å². The van der Waals surface area contributed by atoms with Gasteiger partial charge in [0.05, 0.1) is 5.69 Å². The normalized spacial score (nSPS) is 12.8. The lowest BCUT2D eigenvalue weighted by molar-refractivity contribution is 1.29. The molecule has 0 bridgehead atoms. The van der Waals surface area contributed by atoms with Gasteiger partial charge in [-0.3, -0.25) is 0 Å². The van der Waals surface area contributed by atoms with Crippen molar-refractivity contribution < 1.29 is 0 Å². The van der Waals surface area contributed by atoms with E-state index in [1.807, 2.05) is 0 Å². The highest BCUT2D eigenvalue weighted by atomic mass is 28.3. The van der Waals surface area contributed by atoms with Crippen LogP contribution < -0.4 is 30.5 Å². The molecular formula is C52H38N2Si. The second kappa shape index (κ2) is 13.8. The van der Waals surface area contributed by atoms with Gasteiger partial charge in [-0.2, -0.15) is 0 Å². The van der Waals surface area contributed by atoms with E-state index in [1.165, 1.54) is 54.0 Å². The maximum Gasteiger partial charge on any atom is 0.184 e. The van der Waals surface area contributed by atoms with Gasteiger partial charge >= 0.3 is 0 Å². The summed E-state index contributed by atoms with van der Waals surface area (Å²) < 4.78 is 0. The van der Waals surface area contributed by atoms with Crippen LogP contribution in [0.15, 0.2) is 231 Å². The van der Waals surface area contributed by atoms with Gasteiger partial charge in [0.25, 0.3) is 0 Å². The Hall–Kier alpha value is -6.94. The van der Waals surface area contributed by atoms with Gasteiger partial charge in [0.15, 0.2) is 8.07 Å². The molecule has 0 saturated heterocycles. The van der Waals surface area contributed by atoms with Crippen molar-refractivity contribution >= 4 is 73.7 Å². The molecule has 0 spiro atoms. The Kier molecular flexibility index (Phi) is 8.20. The first-order chi connectivity index (χ1) is 27.3. The van der Waals surface area contributed by atoms with Crippen molar-refractivity contribution in [1.82, 2.24) is 0 Å². The third-order valence-electron chi connectivity index (χ3n) is 11.1. The molecule has 10 rings (SSSR count). The molecular weight excluding hydrogens is 681 g/mol. The summed E-state index contributed by atoms with van der Waals surface area (Å²) in [5, 5.41) is 8.00. The molecule has 2 nitrogen and oxygen atoms in total. The van der Waals surface area contributed by atoms with Crippen molar-refractivity contribution in [2.45, 2.75) is 0 Å². The average molecular weight is 719 g/mol. The van der Waals surface area contributed by atoms with E-state index >= 15 is 0 Å². The van der Waals surface area contributed by atoms with Crippen molar-refractivity contribution in [3.05, 3.63) is 231 Å². The number of fused-ring (bicyclic) bond motifs is 3. The summed E-state index contributed by atoms with van der Waals surface area (Å²) in [6.45, 7) is 0. The van der Waals surface area contributed by atoms with E-state index in [4.69, 9.17) is 0 Å². The first kappa shape index (κ1) is 32.7. The smallest absolute Gasteiger partial charge is 0.184 e. The van der Waals surface area contributed by atoms with Crippen LogP contribution >= 0.6 is 0 Å². The van der Waals surface area contributed by atoms with Gasteiger partial charge in [0, 0.05) is 33.8 Å². The monoisotopic (exact) mass is 718 g/mol. The van der Waals surface area contributed by atoms with E-state index in [0.29, 0.717) is 0 Å². The number of anilines is 6. The van der Waals surface area contributed by atoms with Crippen molar-refractivity contribution in [2.75, 3.05) is 9.80 Å². The van der Waals surface area contributed by atoms with E-state index in [2.05, 4.69) is 240 Å². The predicted octanol–water partition coefficient (Wildman–Crippen LogP) is 11.1. The number of hydrogen-bond acceptors (Lipinski definition) is 2. The zero-order chi connectivity index (χ0) is 36.6. The van der Waals surface area contributed by atoms with Gasteiger partial charge in [-0.1, -0.05) is 176 Å². The first-order valence-electron chi connectivity index (χ1n) is 18.9. The highest BCUT2D eigenvalue weighted by Crippen LogP contribution is 2.42. The summed E-state index contributed by atoms with van der Waals surface area (Å²) in [6.07, 6.45) is 0. The molecule has 0 aromatic heterocycles. The zero-order valence-corrected chi connectivity index (χ0v) is 31.3. The SMILES string of the molecule is c1ccc(N2c3ccccc3[Si](c3ccccc3)(c3ccccc3)c3ccc(-c4ccc(N(c5ccccc5)c5cccc6ccccc56)cc4)cc32)cc1. The molecule has 9 aromatic carbocycles. The summed E-state index contributed by atoms with van der Waals surface area (Å²) in [5.74, 6) is 0. The van der Waals surface area contributed by atoms with E-state index in [9.17, 15) is 0 Å². The molecule has 0 saturated carbocycles. The van der Waals surface area contributed by atoms with Crippen LogP contribution in [0.2, 0.25) is 0 Å². The van der Waals surface area contributed by atoms with Crippen LogP contribution in [0.3, 0.4) is 0 Å². The Bertz CT molecular complexity index is 2700. The van der Waals surface area contributed by atoms with E-state index < -0.39 is 8.07 Å². The molecule has 0 amide bonds. The molecule has 1 heterocycles. The van der Waals surface area contributed by atoms with E-state index in [1.54, 1.807) is 0 Å². The van der Waals surface area contributed by atoms with E-state index in [0.717, 1.165) is 22.7 Å². The zero-order valence-electron chi connectivity index (χ0n) is 30.3. The molecule has 0 aliphatic carbocycles. The lowest BCUT2D eigenvalue weighted by Gasteiger charge is -2.45. The Balaban J connectivity index is 1.17. The average Bonchev–Trinajstić information content (AvgIpc) is 3.27. The van der Waals surface area contributed by atoms with Crippen molar-refractivity contribution in [2.24, 2.45) is 0 Å². The lowest BCUT2D eigenvalue weighted by atomic mass is 10.0. The molecule has 0 atom stereocenters. The molecule has 0 radical (unpaired) electrons. The maximum atomic E-state index is 2.48. The fraction of sp³-hybridized carbons (Fsp3) is 0. The summed E-state index contributed by atoms with van der Waals surface area (Å²) in [4.78, 5) is 4.85. The minimum Gasteiger partial charge on any atom is -0.311 e. The second-order valence-corrected chi connectivity index (χ2v) is 17.9. The minimum atomic E-state index is -2.74. The lowest BCUT2D eigenvalue weighted by Crippen LogP contribution is -2.77. The third kappa shape index (κ3) is 5.48. The van der Waals surface area contributed by atoms with Crippen molar-refractivity contribution in [3.8, 4) is 11.1 Å². The molecule has 3 heteroatoms. The standard InChI is InChI=1S/C52H38N2Si/c1-5-20-42(21-6-1)53(48-30-17-19-40-18-13-14-28-47(40)48)44-35-32-39(33-36-44)41-34-37-52-50(38-41)54(43-22-7-2-8-23-43)49-29-15-16-31-51(49)55(52,45-24-9-3-10-25-45)46-26-11-4-12-27-46/h1-38H. The van der Waals surface area contributed by atoms with Gasteiger partial charge in [0.2, 0.25) is 0 Å². The summed E-state index contributed by atoms with van der Waals surface area (Å²) in [5.41, 5.74) is 9.38. The topological polar surface area (TPSA) is 6.48 Å². The van der Waals surface area contributed by atoms with Crippen LogP contribution in [-0.2, 0) is 0 Å². The molecule has 0 unspecified atom stereocenters. The number of nitrogens with zero attached hydrogens (tertiary/aromatic N) is 2. The number of benzene rings is 9. The molecule has 0 fully saturated rings. The minimum absolute atomic E-state index is 1.11. The number of para-hydroxylation sites is 3. The third-order valence-corrected chi connectivity index (χ3v) is 16.0. The molecule has 9 aromatic rings. The Morgan fingerprint density at radius 1 is 0.364 bits per heavy atom. The fourth-order valence-electron chi connectivity index (χ4n) is 8.70. The van der Waals surface area contributed by atoms with Gasteiger partial charge in [-0.15, -0.1) is 0 Å². The molecule has 55 heavy (non-hydrogen) atoms. The number of hydrogen-bond donors (Lipinski definition) is 0. The Morgan fingerprint density at radius 2 is 0.891 bits per heavy atom. The quantitative estimate of drug-likeness (QED) is 0.151. The van der Waals surface area contributed by atoms with Gasteiger partial charge in [0.1, 0.15) is 0 Å². The van der Waals surface area contributed by atoms with Crippen LogP contribution in [0.5, 0.6) is 0 Å². The van der Waals surface area contributed by atoms with Crippen LogP contribution in [0.4, 0.5) is 34.1 Å². The highest BCUT2D eigenvalue weighted by molar-refractivity contribution is 7.21. The van der Waals surface area contributed by atoms with Crippen LogP contribution in [0.1, 0.15) is 0 Å². The van der Waals surface area contributed by atoms with Crippen molar-refractivity contribution in [1.29, 1.82) is 0 Å². The van der Waals surface area contributed by atoms with Crippen LogP contribution in [0.25, 0.3) is 21.9 Å². The van der Waals surface area contributed by atoms with Gasteiger partial charge in [-0.05, 0) is 91.9 Å². The fourth-order valence-corrected chi connectivity index (χ4v) is 13.8. The van der Waals surface area contributed by atoms with Gasteiger partial charge in [-0.25, -0.2) is 0 Å². The van der Waals surface area contributed by atoms with Crippen LogP contribution in [-0.4, -0.2) is 8.07 Å². The van der Waals surface area contributed by atoms with Crippen molar-refractivity contribution in [3.63, 3.8) is 0 Å². The molecule has 1 aliphatic rings. The summed E-state index contributed by atoms with van der Waals surface area (Å²) in [6, 6.07) is 84.5. The highest BCUT2D eigenvalue weighted by Gasteiger charge is 2.48.